The average molecular weight is 658 g/mol. The number of rotatable bonds is 5. The highest BCUT2D eigenvalue weighted by atomic mass is 32.1. The highest BCUT2D eigenvalue weighted by molar-refractivity contribution is 7.26. The van der Waals surface area contributed by atoms with Gasteiger partial charge in [0, 0.05) is 47.6 Å². The lowest BCUT2D eigenvalue weighted by Crippen LogP contribution is -2.02. The van der Waals surface area contributed by atoms with Crippen molar-refractivity contribution in [3.63, 3.8) is 0 Å². The molecule has 0 radical (unpaired) electrons. The van der Waals surface area contributed by atoms with E-state index in [0.717, 1.165) is 65.6 Å². The molecule has 10 rings (SSSR count). The van der Waals surface area contributed by atoms with Gasteiger partial charge in [0.1, 0.15) is 11.2 Å². The molecule has 0 aliphatic carbocycles. The third kappa shape index (κ3) is 4.63. The molecule has 3 aromatic heterocycles. The van der Waals surface area contributed by atoms with Gasteiger partial charge in [-0.25, -0.2) is 15.0 Å². The van der Waals surface area contributed by atoms with Gasteiger partial charge in [0.15, 0.2) is 17.5 Å². The number of benzene rings is 7. The van der Waals surface area contributed by atoms with Gasteiger partial charge in [-0.1, -0.05) is 140 Å². The fourth-order valence-electron chi connectivity index (χ4n) is 7.12. The summed E-state index contributed by atoms with van der Waals surface area (Å²) < 4.78 is 8.70. The summed E-state index contributed by atoms with van der Waals surface area (Å²) >= 11 is 1.78. The Bertz CT molecular complexity index is 2890. The minimum absolute atomic E-state index is 0.617. The molecule has 5 heteroatoms. The molecule has 0 bridgehead atoms. The number of aromatic nitrogens is 3. The van der Waals surface area contributed by atoms with Crippen molar-refractivity contribution in [2.45, 2.75) is 0 Å². The number of fused-ring (bicyclic) bond motifs is 6. The molecule has 50 heavy (non-hydrogen) atoms. The fraction of sp³-hybridized carbons (Fsp3) is 0. The van der Waals surface area contributed by atoms with E-state index in [0.29, 0.717) is 17.5 Å². The summed E-state index contributed by atoms with van der Waals surface area (Å²) in [5, 5.41) is 4.60. The second kappa shape index (κ2) is 11.6. The summed E-state index contributed by atoms with van der Waals surface area (Å²) in [6.07, 6.45) is 0. The predicted octanol–water partition coefficient (Wildman–Crippen LogP) is 12.5. The van der Waals surface area contributed by atoms with Crippen LogP contribution in [0.3, 0.4) is 0 Å². The molecule has 0 saturated heterocycles. The van der Waals surface area contributed by atoms with Gasteiger partial charge < -0.3 is 4.42 Å². The SMILES string of the molecule is c1ccc(-c2ccccc2-c2nc(-c3ccccc3-c3cccc4oc5ccccc5c34)nc(-c3cccc4c3sc3ccccc34)n2)cc1. The van der Waals surface area contributed by atoms with Crippen LogP contribution < -0.4 is 0 Å². The Labute approximate surface area is 292 Å². The molecule has 0 amide bonds. The fourth-order valence-corrected chi connectivity index (χ4v) is 8.33. The van der Waals surface area contributed by atoms with Crippen LogP contribution in [0.1, 0.15) is 0 Å². The standard InChI is InChI=1S/C45H27N3OS/c1-2-14-28(15-3-1)29-16-4-6-19-34(29)43-46-44(48-45(47-43)37-24-12-23-33-31-18-9-11-27-40(31)50-42(33)37)35-20-7-5-17-30(35)32-22-13-26-39-41(32)36-21-8-10-25-38(36)49-39/h1-27H. The Morgan fingerprint density at radius 3 is 1.68 bits per heavy atom. The van der Waals surface area contributed by atoms with Crippen molar-refractivity contribution in [1.82, 2.24) is 15.0 Å². The third-order valence-corrected chi connectivity index (χ3v) is 10.6. The molecular formula is C45H27N3OS. The van der Waals surface area contributed by atoms with Crippen LogP contribution in [0.2, 0.25) is 0 Å². The Balaban J connectivity index is 1.26. The molecule has 0 saturated carbocycles. The van der Waals surface area contributed by atoms with E-state index in [-0.39, 0.29) is 0 Å². The average Bonchev–Trinajstić information content (AvgIpc) is 3.77. The van der Waals surface area contributed by atoms with Gasteiger partial charge in [0.05, 0.1) is 0 Å². The summed E-state index contributed by atoms with van der Waals surface area (Å²) in [6, 6.07) is 56.7. The normalized spacial score (nSPS) is 11.6. The number of thiophene rings is 1. The molecule has 3 heterocycles. The molecule has 0 aliphatic heterocycles. The Kier molecular flexibility index (Phi) is 6.64. The van der Waals surface area contributed by atoms with Gasteiger partial charge in [0.2, 0.25) is 0 Å². The van der Waals surface area contributed by atoms with Crippen LogP contribution in [-0.2, 0) is 0 Å². The number of furan rings is 1. The van der Waals surface area contributed by atoms with Gasteiger partial charge in [-0.15, -0.1) is 11.3 Å². The molecule has 0 atom stereocenters. The van der Waals surface area contributed by atoms with Crippen molar-refractivity contribution in [3.8, 4) is 56.4 Å². The van der Waals surface area contributed by atoms with E-state index >= 15 is 0 Å². The summed E-state index contributed by atoms with van der Waals surface area (Å²) in [5.41, 5.74) is 8.87. The lowest BCUT2D eigenvalue weighted by molar-refractivity contribution is 0.669. The smallest absolute Gasteiger partial charge is 0.165 e. The van der Waals surface area contributed by atoms with Crippen LogP contribution in [0.4, 0.5) is 0 Å². The lowest BCUT2D eigenvalue weighted by Gasteiger charge is -2.14. The van der Waals surface area contributed by atoms with Crippen molar-refractivity contribution >= 4 is 53.4 Å². The van der Waals surface area contributed by atoms with E-state index in [4.69, 9.17) is 19.4 Å². The van der Waals surface area contributed by atoms with E-state index in [1.807, 2.05) is 24.3 Å². The molecule has 0 N–H and O–H groups in total. The Hall–Kier alpha value is -6.43. The van der Waals surface area contributed by atoms with E-state index < -0.39 is 0 Å². The molecule has 0 aliphatic rings. The molecule has 4 nitrogen and oxygen atoms in total. The second-order valence-electron chi connectivity index (χ2n) is 12.3. The molecular weight excluding hydrogens is 631 g/mol. The quantitative estimate of drug-likeness (QED) is 0.185. The third-order valence-electron chi connectivity index (χ3n) is 9.39. The first-order valence-electron chi connectivity index (χ1n) is 16.6. The zero-order chi connectivity index (χ0) is 33.0. The first-order valence-corrected chi connectivity index (χ1v) is 17.4. The van der Waals surface area contributed by atoms with Gasteiger partial charge in [-0.3, -0.25) is 0 Å². The van der Waals surface area contributed by atoms with Crippen molar-refractivity contribution < 1.29 is 4.42 Å². The molecule has 7 aromatic carbocycles. The second-order valence-corrected chi connectivity index (χ2v) is 13.4. The largest absolute Gasteiger partial charge is 0.456 e. The summed E-state index contributed by atoms with van der Waals surface area (Å²) in [4.78, 5) is 15.8. The maximum absolute atomic E-state index is 6.29. The van der Waals surface area contributed by atoms with Crippen molar-refractivity contribution in [1.29, 1.82) is 0 Å². The Morgan fingerprint density at radius 1 is 0.360 bits per heavy atom. The molecule has 0 unspecified atom stereocenters. The molecule has 10 aromatic rings. The van der Waals surface area contributed by atoms with E-state index in [2.05, 4.69) is 140 Å². The zero-order valence-corrected chi connectivity index (χ0v) is 27.6. The summed E-state index contributed by atoms with van der Waals surface area (Å²) in [6.45, 7) is 0. The van der Waals surface area contributed by atoms with Gasteiger partial charge in [-0.2, -0.15) is 0 Å². The van der Waals surface area contributed by atoms with Crippen molar-refractivity contribution in [3.05, 3.63) is 164 Å². The number of para-hydroxylation sites is 1. The zero-order valence-electron chi connectivity index (χ0n) is 26.7. The highest BCUT2D eigenvalue weighted by Crippen LogP contribution is 2.43. The van der Waals surface area contributed by atoms with Crippen LogP contribution in [0.5, 0.6) is 0 Å². The van der Waals surface area contributed by atoms with E-state index in [1.165, 1.54) is 15.5 Å². The van der Waals surface area contributed by atoms with Crippen LogP contribution in [0.25, 0.3) is 98.5 Å². The van der Waals surface area contributed by atoms with E-state index in [9.17, 15) is 0 Å². The maximum atomic E-state index is 6.29. The highest BCUT2D eigenvalue weighted by Gasteiger charge is 2.21. The Morgan fingerprint density at radius 2 is 0.880 bits per heavy atom. The van der Waals surface area contributed by atoms with Gasteiger partial charge in [-0.05, 0) is 46.5 Å². The monoisotopic (exact) mass is 657 g/mol. The molecule has 0 fully saturated rings. The van der Waals surface area contributed by atoms with Gasteiger partial charge in [0.25, 0.3) is 0 Å². The topological polar surface area (TPSA) is 51.8 Å². The molecule has 234 valence electrons. The summed E-state index contributed by atoms with van der Waals surface area (Å²) in [5.74, 6) is 1.89. The van der Waals surface area contributed by atoms with Crippen LogP contribution >= 0.6 is 11.3 Å². The lowest BCUT2D eigenvalue weighted by atomic mass is 9.95. The minimum Gasteiger partial charge on any atom is -0.456 e. The minimum atomic E-state index is 0.617. The van der Waals surface area contributed by atoms with Gasteiger partial charge >= 0.3 is 0 Å². The number of hydrogen-bond acceptors (Lipinski definition) is 5. The van der Waals surface area contributed by atoms with Crippen LogP contribution in [0, 0.1) is 0 Å². The first-order chi connectivity index (χ1) is 24.8. The van der Waals surface area contributed by atoms with Crippen LogP contribution in [0.15, 0.2) is 168 Å². The summed E-state index contributed by atoms with van der Waals surface area (Å²) in [7, 11) is 0. The van der Waals surface area contributed by atoms with Crippen molar-refractivity contribution in [2.24, 2.45) is 0 Å². The van der Waals surface area contributed by atoms with Crippen LogP contribution in [-0.4, -0.2) is 15.0 Å². The van der Waals surface area contributed by atoms with Crippen molar-refractivity contribution in [2.75, 3.05) is 0 Å². The maximum Gasteiger partial charge on any atom is 0.165 e. The number of nitrogens with zero attached hydrogens (tertiary/aromatic N) is 3. The predicted molar refractivity (Wildman–Crippen MR) is 207 cm³/mol. The molecule has 0 spiro atoms. The first kappa shape index (κ1) is 28.6. The van der Waals surface area contributed by atoms with E-state index in [1.54, 1.807) is 11.3 Å². The number of hydrogen-bond donors (Lipinski definition) is 0.